The van der Waals surface area contributed by atoms with Crippen molar-refractivity contribution in [1.82, 2.24) is 0 Å². The zero-order chi connectivity index (χ0) is 35.3. The molecule has 0 aliphatic heterocycles. The SMILES string of the molecule is O=C(O)c1ccccc1N=C(c1ccccc1)C(O)c1ccccc1.O=C(O)c1ccccc1N=C(c1ccccc1)C(O)c1ccccc1.[Co+2]. The van der Waals surface area contributed by atoms with Crippen LogP contribution in [0.2, 0.25) is 0 Å². The van der Waals surface area contributed by atoms with Gasteiger partial charge in [0.15, 0.2) is 0 Å². The predicted molar refractivity (Wildman–Crippen MR) is 195 cm³/mol. The van der Waals surface area contributed by atoms with Crippen LogP contribution in [0.5, 0.6) is 0 Å². The quantitative estimate of drug-likeness (QED) is 0.105. The van der Waals surface area contributed by atoms with Crippen molar-refractivity contribution >= 4 is 34.7 Å². The molecular weight excluding hydrogens is 687 g/mol. The van der Waals surface area contributed by atoms with E-state index in [0.29, 0.717) is 33.9 Å². The first-order chi connectivity index (χ1) is 24.3. The number of aliphatic hydroxyl groups is 2. The van der Waals surface area contributed by atoms with Crippen LogP contribution in [0.15, 0.2) is 180 Å². The van der Waals surface area contributed by atoms with Gasteiger partial charge < -0.3 is 20.4 Å². The number of rotatable bonds is 10. The van der Waals surface area contributed by atoms with E-state index in [0.717, 1.165) is 11.1 Å². The van der Waals surface area contributed by atoms with Crippen molar-refractivity contribution in [3.63, 3.8) is 0 Å². The van der Waals surface area contributed by atoms with Gasteiger partial charge in [-0.25, -0.2) is 19.6 Å². The summed E-state index contributed by atoms with van der Waals surface area (Å²) in [7, 11) is 0. The molecule has 255 valence electrons. The monoisotopic (exact) mass is 721 g/mol. The minimum absolute atomic E-state index is 0. The predicted octanol–water partition coefficient (Wildman–Crippen LogP) is 8.48. The number of aromatic carboxylic acids is 2. The summed E-state index contributed by atoms with van der Waals surface area (Å²) in [5, 5.41) is 40.4. The zero-order valence-electron chi connectivity index (χ0n) is 27.2. The molecule has 0 aromatic heterocycles. The fourth-order valence-corrected chi connectivity index (χ4v) is 5.13. The summed E-state index contributed by atoms with van der Waals surface area (Å²) >= 11 is 0. The topological polar surface area (TPSA) is 140 Å². The summed E-state index contributed by atoms with van der Waals surface area (Å²) in [6.07, 6.45) is -1.93. The summed E-state index contributed by atoms with van der Waals surface area (Å²) in [5.41, 5.74) is 4.47. The van der Waals surface area contributed by atoms with Crippen molar-refractivity contribution in [1.29, 1.82) is 0 Å². The van der Waals surface area contributed by atoms with Crippen molar-refractivity contribution in [3.8, 4) is 0 Å². The van der Waals surface area contributed by atoms with E-state index in [4.69, 9.17) is 0 Å². The van der Waals surface area contributed by atoms with Crippen LogP contribution in [-0.4, -0.2) is 43.8 Å². The summed E-state index contributed by atoms with van der Waals surface area (Å²) < 4.78 is 0. The van der Waals surface area contributed by atoms with Gasteiger partial charge in [-0.2, -0.15) is 0 Å². The van der Waals surface area contributed by atoms with Gasteiger partial charge in [0, 0.05) is 0 Å². The maximum atomic E-state index is 11.4. The fourth-order valence-electron chi connectivity index (χ4n) is 5.13. The number of benzene rings is 6. The summed E-state index contributed by atoms with van der Waals surface area (Å²) in [6, 6.07) is 49.9. The molecular formula is C42H34CoN2O6+2. The average Bonchev–Trinajstić information content (AvgIpc) is 3.17. The molecule has 2 unspecified atom stereocenters. The van der Waals surface area contributed by atoms with Gasteiger partial charge in [-0.05, 0) is 46.5 Å². The molecule has 4 N–H and O–H groups in total. The van der Waals surface area contributed by atoms with Crippen molar-refractivity contribution in [2.24, 2.45) is 9.98 Å². The number of hydrogen-bond acceptors (Lipinski definition) is 6. The van der Waals surface area contributed by atoms with Gasteiger partial charge in [0.2, 0.25) is 0 Å². The zero-order valence-corrected chi connectivity index (χ0v) is 28.2. The Morgan fingerprint density at radius 3 is 1.00 bits per heavy atom. The molecule has 0 aliphatic carbocycles. The molecule has 9 heteroatoms. The minimum Gasteiger partial charge on any atom is -0.478 e. The molecule has 6 aromatic carbocycles. The van der Waals surface area contributed by atoms with Crippen molar-refractivity contribution in [2.75, 3.05) is 0 Å². The fraction of sp³-hybridized carbons (Fsp3) is 0.0476. The number of hydrogen-bond donors (Lipinski definition) is 4. The molecule has 8 nitrogen and oxygen atoms in total. The van der Waals surface area contributed by atoms with Gasteiger partial charge in [-0.3, -0.25) is 0 Å². The second-order valence-electron chi connectivity index (χ2n) is 11.0. The van der Waals surface area contributed by atoms with Crippen molar-refractivity contribution < 1.29 is 46.8 Å². The van der Waals surface area contributed by atoms with Crippen molar-refractivity contribution in [3.05, 3.63) is 203 Å². The first-order valence-corrected chi connectivity index (χ1v) is 15.7. The number of nitrogens with zero attached hydrogens (tertiary/aromatic N) is 2. The van der Waals surface area contributed by atoms with Crippen LogP contribution in [-0.2, 0) is 16.8 Å². The number of carboxylic acids is 2. The van der Waals surface area contributed by atoms with E-state index < -0.39 is 24.1 Å². The molecule has 0 aliphatic rings. The molecule has 0 spiro atoms. The van der Waals surface area contributed by atoms with Gasteiger partial charge in [-0.15, -0.1) is 0 Å². The maximum absolute atomic E-state index is 11.4. The number of carboxylic acid groups (broad SMARTS) is 2. The van der Waals surface area contributed by atoms with Gasteiger partial charge in [0.05, 0.1) is 33.9 Å². The van der Waals surface area contributed by atoms with Gasteiger partial charge in [0.1, 0.15) is 12.2 Å². The van der Waals surface area contributed by atoms with E-state index in [-0.39, 0.29) is 27.9 Å². The Bertz CT molecular complexity index is 1940. The first kappa shape index (κ1) is 37.8. The third kappa shape index (κ3) is 10.0. The molecule has 0 saturated carbocycles. The van der Waals surface area contributed by atoms with E-state index in [1.807, 2.05) is 121 Å². The van der Waals surface area contributed by atoms with Gasteiger partial charge in [-0.1, -0.05) is 146 Å². The Morgan fingerprint density at radius 2 is 0.686 bits per heavy atom. The third-order valence-corrected chi connectivity index (χ3v) is 7.64. The van der Waals surface area contributed by atoms with E-state index in [2.05, 4.69) is 9.98 Å². The normalized spacial score (nSPS) is 12.4. The van der Waals surface area contributed by atoms with E-state index >= 15 is 0 Å². The van der Waals surface area contributed by atoms with Crippen molar-refractivity contribution in [2.45, 2.75) is 12.2 Å². The molecule has 2 atom stereocenters. The summed E-state index contributed by atoms with van der Waals surface area (Å²) in [4.78, 5) is 31.9. The standard InChI is InChI=1S/2C21H17NO3.Co/c2*23-20(16-11-5-2-6-12-16)19(15-9-3-1-4-10-15)22-18-14-8-7-13-17(18)21(24)25;/h2*1-14,20,23H,(H,24,25);/q;;+2. The van der Waals surface area contributed by atoms with Crippen LogP contribution in [0.3, 0.4) is 0 Å². The van der Waals surface area contributed by atoms with E-state index in [1.165, 1.54) is 12.1 Å². The number of aliphatic hydroxyl groups excluding tert-OH is 2. The van der Waals surface area contributed by atoms with Crippen LogP contribution in [0.4, 0.5) is 11.4 Å². The Labute approximate surface area is 306 Å². The second kappa shape index (κ2) is 18.7. The first-order valence-electron chi connectivity index (χ1n) is 15.7. The molecule has 0 saturated heterocycles. The van der Waals surface area contributed by atoms with Crippen LogP contribution < -0.4 is 0 Å². The Hall–Kier alpha value is -5.97. The number of carbonyl (C=O) groups is 2. The largest absolute Gasteiger partial charge is 2.00 e. The van der Waals surface area contributed by atoms with Gasteiger partial charge >= 0.3 is 28.7 Å². The Morgan fingerprint density at radius 1 is 0.412 bits per heavy atom. The average molecular weight is 722 g/mol. The summed E-state index contributed by atoms with van der Waals surface area (Å²) in [5.74, 6) is -2.11. The number of para-hydroxylation sites is 2. The summed E-state index contributed by atoms with van der Waals surface area (Å²) in [6.45, 7) is 0. The molecule has 6 aromatic rings. The van der Waals surface area contributed by atoms with Crippen LogP contribution in [0, 0.1) is 0 Å². The molecule has 0 heterocycles. The molecule has 1 radical (unpaired) electrons. The Kier molecular flexibility index (Phi) is 13.9. The molecule has 6 rings (SSSR count). The molecule has 51 heavy (non-hydrogen) atoms. The maximum Gasteiger partial charge on any atom is 2.00 e. The van der Waals surface area contributed by atoms with Crippen LogP contribution in [0.1, 0.15) is 55.2 Å². The minimum atomic E-state index is -1.05. The second-order valence-corrected chi connectivity index (χ2v) is 11.0. The molecule has 0 amide bonds. The van der Waals surface area contributed by atoms with Crippen LogP contribution >= 0.6 is 0 Å². The Balaban J connectivity index is 0.000000224. The molecule has 0 bridgehead atoms. The van der Waals surface area contributed by atoms with Crippen LogP contribution in [0.25, 0.3) is 0 Å². The third-order valence-electron chi connectivity index (χ3n) is 7.64. The van der Waals surface area contributed by atoms with E-state index in [1.54, 1.807) is 36.4 Å². The molecule has 0 fully saturated rings. The smallest absolute Gasteiger partial charge is 0.478 e. The van der Waals surface area contributed by atoms with Gasteiger partial charge in [0.25, 0.3) is 0 Å². The number of aliphatic imine (C=N–C) groups is 2. The van der Waals surface area contributed by atoms with E-state index in [9.17, 15) is 30.0 Å².